The third-order valence-corrected chi connectivity index (χ3v) is 3.53. The van der Waals surface area contributed by atoms with Gasteiger partial charge >= 0.3 is 0 Å². The molecule has 0 atom stereocenters. The molecule has 20 heavy (non-hydrogen) atoms. The summed E-state index contributed by atoms with van der Waals surface area (Å²) in [7, 11) is 3.20. The zero-order valence-corrected chi connectivity index (χ0v) is 13.0. The standard InChI is InChI=1S/C15H19ClN2O2/c1-5-6-17-15-9(2)7-10-13(16)11(19-3)8-12(20-4)14(10)18-15/h7-8H,5-6H2,1-4H3,(H,17,18). The highest BCUT2D eigenvalue weighted by molar-refractivity contribution is 6.37. The molecule has 0 radical (unpaired) electrons. The van der Waals surface area contributed by atoms with Crippen molar-refractivity contribution in [2.24, 2.45) is 0 Å². The molecular formula is C15H19ClN2O2. The second kappa shape index (κ2) is 6.18. The minimum atomic E-state index is 0.556. The molecule has 2 aromatic rings. The summed E-state index contributed by atoms with van der Waals surface area (Å²) in [6, 6.07) is 3.77. The highest BCUT2D eigenvalue weighted by atomic mass is 35.5. The Morgan fingerprint density at radius 1 is 1.20 bits per heavy atom. The molecule has 0 bridgehead atoms. The van der Waals surface area contributed by atoms with Gasteiger partial charge < -0.3 is 14.8 Å². The van der Waals surface area contributed by atoms with Crippen LogP contribution in [0, 0.1) is 6.92 Å². The summed E-state index contributed by atoms with van der Waals surface area (Å²) >= 11 is 6.36. The summed E-state index contributed by atoms with van der Waals surface area (Å²) in [5.74, 6) is 2.10. The molecule has 1 aromatic heterocycles. The van der Waals surface area contributed by atoms with Gasteiger partial charge in [-0.1, -0.05) is 18.5 Å². The summed E-state index contributed by atoms with van der Waals surface area (Å²) in [4.78, 5) is 4.64. The third-order valence-electron chi connectivity index (χ3n) is 3.14. The molecule has 108 valence electrons. The lowest BCUT2D eigenvalue weighted by atomic mass is 10.1. The van der Waals surface area contributed by atoms with Crippen LogP contribution >= 0.6 is 11.6 Å². The average Bonchev–Trinajstić information content (AvgIpc) is 2.46. The van der Waals surface area contributed by atoms with Crippen LogP contribution in [0.1, 0.15) is 18.9 Å². The Morgan fingerprint density at radius 2 is 1.90 bits per heavy atom. The van der Waals surface area contributed by atoms with E-state index >= 15 is 0 Å². The molecule has 0 aliphatic rings. The highest BCUT2D eigenvalue weighted by Crippen LogP contribution is 2.39. The van der Waals surface area contributed by atoms with Gasteiger partial charge in [0.15, 0.2) is 0 Å². The van der Waals surface area contributed by atoms with Gasteiger partial charge in [-0.25, -0.2) is 4.98 Å². The molecule has 5 heteroatoms. The first-order valence-corrected chi connectivity index (χ1v) is 6.95. The van der Waals surface area contributed by atoms with Gasteiger partial charge in [0, 0.05) is 18.0 Å². The summed E-state index contributed by atoms with van der Waals surface area (Å²) in [5.41, 5.74) is 1.78. The molecule has 1 heterocycles. The predicted octanol–water partition coefficient (Wildman–Crippen LogP) is 4.04. The molecule has 0 saturated heterocycles. The van der Waals surface area contributed by atoms with Gasteiger partial charge in [-0.05, 0) is 25.0 Å². The fourth-order valence-electron chi connectivity index (χ4n) is 2.08. The Hall–Kier alpha value is -1.68. The van der Waals surface area contributed by atoms with Crippen LogP contribution in [0.2, 0.25) is 5.02 Å². The van der Waals surface area contributed by atoms with Gasteiger partial charge in [0.05, 0.1) is 19.2 Å². The van der Waals surface area contributed by atoms with Crippen molar-refractivity contribution < 1.29 is 9.47 Å². The van der Waals surface area contributed by atoms with E-state index in [-0.39, 0.29) is 0 Å². The number of hydrogen-bond donors (Lipinski definition) is 1. The lowest BCUT2D eigenvalue weighted by Gasteiger charge is -2.14. The van der Waals surface area contributed by atoms with Crippen LogP contribution in [0.4, 0.5) is 5.82 Å². The number of methoxy groups -OCH3 is 2. The average molecular weight is 295 g/mol. The first-order chi connectivity index (χ1) is 9.62. The molecule has 0 aliphatic heterocycles. The topological polar surface area (TPSA) is 43.4 Å². The Balaban J connectivity index is 2.67. The summed E-state index contributed by atoms with van der Waals surface area (Å²) in [6.45, 7) is 5.00. The van der Waals surface area contributed by atoms with Gasteiger partial charge in [0.1, 0.15) is 22.8 Å². The molecule has 0 fully saturated rings. The van der Waals surface area contributed by atoms with Crippen molar-refractivity contribution in [2.75, 3.05) is 26.1 Å². The Bertz CT molecular complexity index is 629. The van der Waals surface area contributed by atoms with Crippen molar-refractivity contribution in [1.82, 2.24) is 4.98 Å². The number of halogens is 1. The van der Waals surface area contributed by atoms with E-state index in [0.29, 0.717) is 16.5 Å². The number of nitrogens with one attached hydrogen (secondary N) is 1. The molecule has 0 unspecified atom stereocenters. The lowest BCUT2D eigenvalue weighted by Crippen LogP contribution is -2.04. The normalized spacial score (nSPS) is 10.7. The van der Waals surface area contributed by atoms with Gasteiger partial charge in [0.25, 0.3) is 0 Å². The van der Waals surface area contributed by atoms with E-state index in [4.69, 9.17) is 21.1 Å². The predicted molar refractivity (Wildman–Crippen MR) is 83.4 cm³/mol. The maximum Gasteiger partial charge on any atom is 0.148 e. The van der Waals surface area contributed by atoms with Crippen LogP contribution in [-0.4, -0.2) is 25.7 Å². The second-order valence-corrected chi connectivity index (χ2v) is 4.95. The SMILES string of the molecule is CCCNc1nc2c(OC)cc(OC)c(Cl)c2cc1C. The van der Waals surface area contributed by atoms with E-state index in [0.717, 1.165) is 35.2 Å². The monoisotopic (exact) mass is 294 g/mol. The number of ether oxygens (including phenoxy) is 2. The molecule has 0 saturated carbocycles. The van der Waals surface area contributed by atoms with Crippen molar-refractivity contribution in [2.45, 2.75) is 20.3 Å². The Morgan fingerprint density at radius 3 is 2.50 bits per heavy atom. The minimum Gasteiger partial charge on any atom is -0.495 e. The molecule has 2 rings (SSSR count). The van der Waals surface area contributed by atoms with Gasteiger partial charge in [0.2, 0.25) is 0 Å². The zero-order valence-electron chi connectivity index (χ0n) is 12.2. The van der Waals surface area contributed by atoms with Gasteiger partial charge in [-0.2, -0.15) is 0 Å². The van der Waals surface area contributed by atoms with E-state index in [2.05, 4.69) is 17.2 Å². The van der Waals surface area contributed by atoms with E-state index in [1.165, 1.54) is 0 Å². The summed E-state index contributed by atoms with van der Waals surface area (Å²) < 4.78 is 10.7. The molecular weight excluding hydrogens is 276 g/mol. The smallest absolute Gasteiger partial charge is 0.148 e. The number of benzene rings is 1. The highest BCUT2D eigenvalue weighted by Gasteiger charge is 2.15. The quantitative estimate of drug-likeness (QED) is 0.904. The minimum absolute atomic E-state index is 0.556. The van der Waals surface area contributed by atoms with Crippen molar-refractivity contribution in [1.29, 1.82) is 0 Å². The number of pyridine rings is 1. The van der Waals surface area contributed by atoms with E-state index in [1.54, 1.807) is 20.3 Å². The van der Waals surface area contributed by atoms with E-state index in [9.17, 15) is 0 Å². The number of aryl methyl sites for hydroxylation is 1. The number of anilines is 1. The Labute approximate surface area is 124 Å². The number of rotatable bonds is 5. The fraction of sp³-hybridized carbons (Fsp3) is 0.400. The van der Waals surface area contributed by atoms with Crippen LogP contribution in [0.25, 0.3) is 10.9 Å². The molecule has 1 N–H and O–H groups in total. The Kier molecular flexibility index (Phi) is 4.55. The third kappa shape index (κ3) is 2.61. The number of nitrogens with zero attached hydrogens (tertiary/aromatic N) is 1. The van der Waals surface area contributed by atoms with E-state index in [1.807, 2.05) is 13.0 Å². The fourth-order valence-corrected chi connectivity index (χ4v) is 2.35. The van der Waals surface area contributed by atoms with Crippen LogP contribution in [0.15, 0.2) is 12.1 Å². The number of aromatic nitrogens is 1. The van der Waals surface area contributed by atoms with Crippen LogP contribution < -0.4 is 14.8 Å². The molecule has 0 amide bonds. The molecule has 4 nitrogen and oxygen atoms in total. The molecule has 1 aromatic carbocycles. The van der Waals surface area contributed by atoms with Crippen LogP contribution in [0.5, 0.6) is 11.5 Å². The summed E-state index contributed by atoms with van der Waals surface area (Å²) in [5, 5.41) is 4.71. The van der Waals surface area contributed by atoms with Crippen LogP contribution in [-0.2, 0) is 0 Å². The number of hydrogen-bond acceptors (Lipinski definition) is 4. The second-order valence-electron chi connectivity index (χ2n) is 4.57. The van der Waals surface area contributed by atoms with Crippen molar-refractivity contribution in [3.63, 3.8) is 0 Å². The summed E-state index contributed by atoms with van der Waals surface area (Å²) in [6.07, 6.45) is 1.04. The maximum atomic E-state index is 6.36. The van der Waals surface area contributed by atoms with Crippen LogP contribution in [0.3, 0.4) is 0 Å². The first kappa shape index (κ1) is 14.7. The first-order valence-electron chi connectivity index (χ1n) is 6.58. The largest absolute Gasteiger partial charge is 0.495 e. The molecule has 0 aliphatic carbocycles. The van der Waals surface area contributed by atoms with E-state index < -0.39 is 0 Å². The zero-order chi connectivity index (χ0) is 14.7. The van der Waals surface area contributed by atoms with Crippen molar-refractivity contribution >= 4 is 28.3 Å². The molecule has 0 spiro atoms. The van der Waals surface area contributed by atoms with Gasteiger partial charge in [-0.3, -0.25) is 0 Å². The maximum absolute atomic E-state index is 6.36. The van der Waals surface area contributed by atoms with Crippen molar-refractivity contribution in [3.05, 3.63) is 22.7 Å². The van der Waals surface area contributed by atoms with Crippen molar-refractivity contribution in [3.8, 4) is 11.5 Å². The number of fused-ring (bicyclic) bond motifs is 1. The van der Waals surface area contributed by atoms with Gasteiger partial charge in [-0.15, -0.1) is 0 Å². The lowest BCUT2D eigenvalue weighted by molar-refractivity contribution is 0.397.